The summed E-state index contributed by atoms with van der Waals surface area (Å²) in [5, 5.41) is 7.69. The summed E-state index contributed by atoms with van der Waals surface area (Å²) in [6, 6.07) is 6.29. The third-order valence-electron chi connectivity index (χ3n) is 6.88. The molecule has 5 rings (SSSR count). The van der Waals surface area contributed by atoms with Crippen LogP contribution in [0.3, 0.4) is 0 Å². The largest absolute Gasteiger partial charge is 0.451 e. The zero-order chi connectivity index (χ0) is 24.9. The molecule has 0 spiro atoms. The van der Waals surface area contributed by atoms with Gasteiger partial charge in [0, 0.05) is 54.9 Å². The lowest BCUT2D eigenvalue weighted by Crippen LogP contribution is -2.49. The van der Waals surface area contributed by atoms with Gasteiger partial charge in [-0.2, -0.15) is 13.2 Å². The van der Waals surface area contributed by atoms with Crippen LogP contribution in [0.5, 0.6) is 0 Å². The minimum atomic E-state index is -4.59. The van der Waals surface area contributed by atoms with Crippen molar-refractivity contribution in [1.29, 1.82) is 0 Å². The molecule has 7 nitrogen and oxygen atoms in total. The fourth-order valence-electron chi connectivity index (χ4n) is 5.08. The molecule has 4 heterocycles. The summed E-state index contributed by atoms with van der Waals surface area (Å²) in [5.41, 5.74) is 1.28. The molecule has 0 saturated carbocycles. The van der Waals surface area contributed by atoms with Gasteiger partial charge in [0.2, 0.25) is 11.7 Å². The molecule has 2 aliphatic heterocycles. The van der Waals surface area contributed by atoms with E-state index in [-0.39, 0.29) is 48.8 Å². The van der Waals surface area contributed by atoms with Gasteiger partial charge >= 0.3 is 6.18 Å². The Morgan fingerprint density at radius 1 is 1.11 bits per heavy atom. The van der Waals surface area contributed by atoms with Crippen molar-refractivity contribution in [3.8, 4) is 0 Å². The quantitative estimate of drug-likeness (QED) is 0.509. The predicted molar refractivity (Wildman–Crippen MR) is 117 cm³/mol. The van der Waals surface area contributed by atoms with E-state index >= 15 is 0 Å². The number of fused-ring (bicyclic) bond motifs is 2. The Kier molecular flexibility index (Phi) is 5.84. The summed E-state index contributed by atoms with van der Waals surface area (Å²) in [6.07, 6.45) is -5.00. The number of halogens is 5. The molecule has 1 fully saturated rings. The molecule has 12 heteroatoms. The lowest BCUT2D eigenvalue weighted by atomic mass is 9.85. The van der Waals surface area contributed by atoms with E-state index in [0.29, 0.717) is 25.0 Å². The van der Waals surface area contributed by atoms with E-state index in [9.17, 15) is 26.7 Å². The first-order chi connectivity index (χ1) is 16.6. The Hall–Kier alpha value is -3.31. The standard InChI is InChI=1S/C23H23F5N6O/c1-13-11-32(18-4-6-29-17-10-14(20(24)25)2-3-16(17)18)7-5-15(13)21(35)33-8-9-34-19(12-33)30-31-22(34)23(26,27)28/h2-4,6,10,13,15,20H,5,7-9,11-12H2,1H3/t13-,15?/m1/s1. The van der Waals surface area contributed by atoms with Gasteiger partial charge in [-0.3, -0.25) is 9.78 Å². The predicted octanol–water partition coefficient (Wildman–Crippen LogP) is 4.29. The van der Waals surface area contributed by atoms with Crippen molar-refractivity contribution < 1.29 is 26.7 Å². The number of aromatic nitrogens is 4. The van der Waals surface area contributed by atoms with Crippen LogP contribution in [0, 0.1) is 11.8 Å². The van der Waals surface area contributed by atoms with Gasteiger partial charge in [-0.1, -0.05) is 19.1 Å². The molecule has 2 aliphatic rings. The van der Waals surface area contributed by atoms with Crippen molar-refractivity contribution in [3.63, 3.8) is 0 Å². The third-order valence-corrected chi connectivity index (χ3v) is 6.88. The zero-order valence-electron chi connectivity index (χ0n) is 18.8. The number of nitrogens with zero attached hydrogens (tertiary/aromatic N) is 6. The fourth-order valence-corrected chi connectivity index (χ4v) is 5.08. The van der Waals surface area contributed by atoms with Crippen LogP contribution in [0.2, 0.25) is 0 Å². The number of rotatable bonds is 3. The van der Waals surface area contributed by atoms with E-state index < -0.39 is 18.4 Å². The average molecular weight is 494 g/mol. The number of carbonyl (C=O) groups excluding carboxylic acids is 1. The normalized spacial score (nSPS) is 21.0. The monoisotopic (exact) mass is 494 g/mol. The second-order valence-corrected chi connectivity index (χ2v) is 9.07. The summed E-state index contributed by atoms with van der Waals surface area (Å²) in [6.45, 7) is 3.30. The molecule has 35 heavy (non-hydrogen) atoms. The SMILES string of the molecule is C[C@@H]1CN(c2ccnc3cc(C(F)F)ccc23)CCC1C(=O)N1CCn2c(nnc2C(F)(F)F)C1. The highest BCUT2D eigenvalue weighted by Crippen LogP contribution is 2.35. The van der Waals surface area contributed by atoms with Crippen LogP contribution in [0.1, 0.15) is 37.0 Å². The Labute approximate surface area is 197 Å². The molecule has 0 bridgehead atoms. The number of alkyl halides is 5. The lowest BCUT2D eigenvalue weighted by molar-refractivity contribution is -0.148. The topological polar surface area (TPSA) is 67.2 Å². The molecule has 1 saturated heterocycles. The molecule has 1 amide bonds. The highest BCUT2D eigenvalue weighted by Gasteiger charge is 2.41. The molecule has 0 aliphatic carbocycles. The molecule has 1 unspecified atom stereocenters. The highest BCUT2D eigenvalue weighted by atomic mass is 19.4. The smallest absolute Gasteiger partial charge is 0.371 e. The van der Waals surface area contributed by atoms with Crippen LogP contribution in [-0.2, 0) is 24.1 Å². The van der Waals surface area contributed by atoms with Crippen LogP contribution in [0.4, 0.5) is 27.6 Å². The molecular formula is C23H23F5N6O. The van der Waals surface area contributed by atoms with E-state index in [4.69, 9.17) is 0 Å². The van der Waals surface area contributed by atoms with Crippen molar-refractivity contribution in [2.45, 2.75) is 39.0 Å². The fraction of sp³-hybridized carbons (Fsp3) is 0.478. The van der Waals surface area contributed by atoms with E-state index in [2.05, 4.69) is 20.1 Å². The number of hydrogen-bond donors (Lipinski definition) is 0. The highest BCUT2D eigenvalue weighted by molar-refractivity contribution is 5.92. The zero-order valence-corrected chi connectivity index (χ0v) is 18.8. The van der Waals surface area contributed by atoms with E-state index in [1.165, 1.54) is 12.1 Å². The van der Waals surface area contributed by atoms with E-state index in [1.807, 2.05) is 13.0 Å². The summed E-state index contributed by atoms with van der Waals surface area (Å²) in [7, 11) is 0. The first kappa shape index (κ1) is 23.4. The van der Waals surface area contributed by atoms with E-state index in [0.717, 1.165) is 15.6 Å². The van der Waals surface area contributed by atoms with Crippen LogP contribution in [0.15, 0.2) is 30.5 Å². The second kappa shape index (κ2) is 8.72. The average Bonchev–Trinajstić information content (AvgIpc) is 3.27. The number of piperidine rings is 1. The van der Waals surface area contributed by atoms with Gasteiger partial charge in [0.25, 0.3) is 6.43 Å². The summed E-state index contributed by atoms with van der Waals surface area (Å²) in [4.78, 5) is 21.2. The first-order valence-corrected chi connectivity index (χ1v) is 11.3. The number of benzene rings is 1. The lowest BCUT2D eigenvalue weighted by Gasteiger charge is -2.40. The minimum Gasteiger partial charge on any atom is -0.371 e. The summed E-state index contributed by atoms with van der Waals surface area (Å²) in [5.74, 6) is -1.30. The van der Waals surface area contributed by atoms with Gasteiger partial charge in [0.05, 0.1) is 12.1 Å². The molecule has 2 atom stereocenters. The second-order valence-electron chi connectivity index (χ2n) is 9.07. The van der Waals surface area contributed by atoms with Crippen molar-refractivity contribution in [3.05, 3.63) is 47.7 Å². The number of amides is 1. The van der Waals surface area contributed by atoms with Crippen molar-refractivity contribution in [2.75, 3.05) is 24.5 Å². The number of hydrogen-bond acceptors (Lipinski definition) is 5. The Bertz CT molecular complexity index is 1260. The maximum absolute atomic E-state index is 13.3. The minimum absolute atomic E-state index is 0.000245. The molecule has 1 aromatic carbocycles. The molecule has 0 radical (unpaired) electrons. The Balaban J connectivity index is 1.29. The first-order valence-electron chi connectivity index (χ1n) is 11.3. The molecule has 3 aromatic rings. The molecule has 186 valence electrons. The van der Waals surface area contributed by atoms with Gasteiger partial charge < -0.3 is 14.4 Å². The Morgan fingerprint density at radius 2 is 1.91 bits per heavy atom. The molecule has 0 N–H and O–H groups in total. The van der Waals surface area contributed by atoms with Crippen molar-refractivity contribution in [2.24, 2.45) is 11.8 Å². The summed E-state index contributed by atoms with van der Waals surface area (Å²) >= 11 is 0. The van der Waals surface area contributed by atoms with Crippen LogP contribution in [-0.4, -0.2) is 50.2 Å². The van der Waals surface area contributed by atoms with Crippen LogP contribution >= 0.6 is 0 Å². The van der Waals surface area contributed by atoms with Crippen LogP contribution in [0.25, 0.3) is 10.9 Å². The molecule has 2 aromatic heterocycles. The van der Waals surface area contributed by atoms with Crippen molar-refractivity contribution in [1.82, 2.24) is 24.6 Å². The maximum Gasteiger partial charge on any atom is 0.451 e. The van der Waals surface area contributed by atoms with Gasteiger partial charge in [0.1, 0.15) is 0 Å². The van der Waals surface area contributed by atoms with Gasteiger partial charge in [-0.15, -0.1) is 10.2 Å². The number of carbonyl (C=O) groups is 1. The Morgan fingerprint density at radius 3 is 2.63 bits per heavy atom. The van der Waals surface area contributed by atoms with E-state index in [1.54, 1.807) is 17.2 Å². The van der Waals surface area contributed by atoms with Crippen molar-refractivity contribution >= 4 is 22.5 Å². The van der Waals surface area contributed by atoms with Gasteiger partial charge in [-0.05, 0) is 24.5 Å². The summed E-state index contributed by atoms with van der Waals surface area (Å²) < 4.78 is 66.5. The van der Waals surface area contributed by atoms with Crippen LogP contribution < -0.4 is 4.90 Å². The maximum atomic E-state index is 13.3. The van der Waals surface area contributed by atoms with Gasteiger partial charge in [0.15, 0.2) is 5.82 Å². The number of anilines is 1. The molecular weight excluding hydrogens is 471 g/mol. The number of pyridine rings is 1. The third kappa shape index (κ3) is 4.30. The van der Waals surface area contributed by atoms with Gasteiger partial charge in [-0.25, -0.2) is 8.78 Å².